The fourth-order valence-corrected chi connectivity index (χ4v) is 3.27. The van der Waals surface area contributed by atoms with Crippen LogP contribution in [0.4, 0.5) is 4.79 Å². The van der Waals surface area contributed by atoms with Crippen LogP contribution in [0.25, 0.3) is 0 Å². The largest absolute Gasteiger partial charge is 0.451 e. The van der Waals surface area contributed by atoms with Crippen molar-refractivity contribution in [3.63, 3.8) is 0 Å². The number of nitrogens with one attached hydrogen (secondary N) is 2. The standard InChI is InChI=1S/C16H23N3O6S/c1-9(2)13(15(21)25-11(4)14(20)18-16(17)22)19-26(23,24)12-7-5-10(3)6-8-12/h5-9,11,13,19H,1-4H3,(H3,17,18,20,22)/t11-,13+/m0/s1. The molecule has 0 bridgehead atoms. The summed E-state index contributed by atoms with van der Waals surface area (Å²) in [4.78, 5) is 34.6. The predicted octanol–water partition coefficient (Wildman–Crippen LogP) is 0.425. The first-order chi connectivity index (χ1) is 11.9. The molecule has 0 aliphatic heterocycles. The van der Waals surface area contributed by atoms with Crippen molar-refractivity contribution >= 4 is 27.9 Å². The van der Waals surface area contributed by atoms with E-state index in [0.717, 1.165) is 5.56 Å². The van der Waals surface area contributed by atoms with Gasteiger partial charge < -0.3 is 10.5 Å². The minimum atomic E-state index is -3.97. The number of carbonyl (C=O) groups excluding carboxylic acids is 3. The van der Waals surface area contributed by atoms with Crippen molar-refractivity contribution < 1.29 is 27.5 Å². The molecule has 1 aromatic rings. The summed E-state index contributed by atoms with van der Waals surface area (Å²) in [6.45, 7) is 6.30. The first-order valence-corrected chi connectivity index (χ1v) is 9.32. The van der Waals surface area contributed by atoms with Crippen LogP contribution < -0.4 is 15.8 Å². The second-order valence-electron chi connectivity index (χ2n) is 6.09. The van der Waals surface area contributed by atoms with E-state index in [2.05, 4.69) is 4.72 Å². The summed E-state index contributed by atoms with van der Waals surface area (Å²) in [7, 11) is -3.97. The summed E-state index contributed by atoms with van der Waals surface area (Å²) in [5.74, 6) is -2.30. The Hall–Kier alpha value is -2.46. The number of urea groups is 1. The van der Waals surface area contributed by atoms with Gasteiger partial charge in [0.05, 0.1) is 4.90 Å². The van der Waals surface area contributed by atoms with Gasteiger partial charge in [-0.15, -0.1) is 0 Å². The third-order valence-electron chi connectivity index (χ3n) is 3.44. The van der Waals surface area contributed by atoms with Gasteiger partial charge in [-0.3, -0.25) is 14.9 Å². The number of esters is 1. The molecule has 2 atom stereocenters. The number of primary amides is 1. The molecular formula is C16H23N3O6S. The zero-order valence-electron chi connectivity index (χ0n) is 15.0. The summed E-state index contributed by atoms with van der Waals surface area (Å²) < 4.78 is 32.2. The Balaban J connectivity index is 2.91. The molecule has 3 amide bonds. The Kier molecular flexibility index (Phi) is 7.28. The van der Waals surface area contributed by atoms with Crippen LogP contribution in [-0.2, 0) is 24.3 Å². The summed E-state index contributed by atoms with van der Waals surface area (Å²) in [5.41, 5.74) is 5.71. The molecule has 0 aliphatic rings. The van der Waals surface area contributed by atoms with Crippen molar-refractivity contribution in [3.05, 3.63) is 29.8 Å². The van der Waals surface area contributed by atoms with Crippen molar-refractivity contribution in [1.29, 1.82) is 0 Å². The zero-order chi connectivity index (χ0) is 20.1. The molecule has 0 radical (unpaired) electrons. The summed E-state index contributed by atoms with van der Waals surface area (Å²) >= 11 is 0. The molecule has 10 heteroatoms. The summed E-state index contributed by atoms with van der Waals surface area (Å²) in [5, 5.41) is 1.78. The third-order valence-corrected chi connectivity index (χ3v) is 4.90. The Morgan fingerprint density at radius 2 is 1.62 bits per heavy atom. The highest BCUT2D eigenvalue weighted by Crippen LogP contribution is 2.14. The van der Waals surface area contributed by atoms with Gasteiger partial charge in [0.2, 0.25) is 10.0 Å². The number of aryl methyl sites for hydroxylation is 1. The molecule has 1 rings (SSSR count). The number of hydrogen-bond donors (Lipinski definition) is 3. The van der Waals surface area contributed by atoms with E-state index in [4.69, 9.17) is 10.5 Å². The number of carbonyl (C=O) groups is 3. The smallest absolute Gasteiger partial charge is 0.325 e. The van der Waals surface area contributed by atoms with Crippen LogP contribution >= 0.6 is 0 Å². The Morgan fingerprint density at radius 1 is 1.08 bits per heavy atom. The van der Waals surface area contributed by atoms with E-state index >= 15 is 0 Å². The lowest BCUT2D eigenvalue weighted by molar-refractivity contribution is -0.157. The van der Waals surface area contributed by atoms with Gasteiger partial charge in [-0.2, -0.15) is 4.72 Å². The van der Waals surface area contributed by atoms with Crippen LogP contribution in [0.1, 0.15) is 26.3 Å². The zero-order valence-corrected chi connectivity index (χ0v) is 15.8. The molecule has 0 saturated heterocycles. The number of amides is 3. The number of ether oxygens (including phenoxy) is 1. The van der Waals surface area contributed by atoms with Crippen molar-refractivity contribution in [1.82, 2.24) is 10.0 Å². The molecule has 26 heavy (non-hydrogen) atoms. The van der Waals surface area contributed by atoms with Crippen LogP contribution in [0.3, 0.4) is 0 Å². The van der Waals surface area contributed by atoms with Gasteiger partial charge in [-0.25, -0.2) is 13.2 Å². The van der Waals surface area contributed by atoms with Gasteiger partial charge in [0.1, 0.15) is 6.04 Å². The van der Waals surface area contributed by atoms with Crippen LogP contribution in [0, 0.1) is 12.8 Å². The van der Waals surface area contributed by atoms with Gasteiger partial charge in [-0.05, 0) is 31.9 Å². The van der Waals surface area contributed by atoms with Crippen molar-refractivity contribution in [2.24, 2.45) is 11.7 Å². The summed E-state index contributed by atoms with van der Waals surface area (Å²) in [6.07, 6.45) is -1.32. The van der Waals surface area contributed by atoms with E-state index in [-0.39, 0.29) is 4.90 Å². The molecular weight excluding hydrogens is 362 g/mol. The van der Waals surface area contributed by atoms with E-state index in [1.807, 2.05) is 6.92 Å². The van der Waals surface area contributed by atoms with Gasteiger partial charge in [0, 0.05) is 0 Å². The van der Waals surface area contributed by atoms with E-state index in [0.29, 0.717) is 0 Å². The highest BCUT2D eigenvalue weighted by atomic mass is 32.2. The number of sulfonamides is 1. The molecule has 0 heterocycles. The molecule has 4 N–H and O–H groups in total. The molecule has 0 aliphatic carbocycles. The highest BCUT2D eigenvalue weighted by Gasteiger charge is 2.32. The Labute approximate surface area is 152 Å². The second kappa shape index (κ2) is 8.77. The third kappa shape index (κ3) is 6.12. The quantitative estimate of drug-likeness (QED) is 0.580. The second-order valence-corrected chi connectivity index (χ2v) is 7.80. The van der Waals surface area contributed by atoms with Gasteiger partial charge in [-0.1, -0.05) is 31.5 Å². The number of nitrogens with two attached hydrogens (primary N) is 1. The van der Waals surface area contributed by atoms with Gasteiger partial charge in [0.15, 0.2) is 6.10 Å². The first-order valence-electron chi connectivity index (χ1n) is 7.84. The maximum atomic E-state index is 12.5. The number of benzene rings is 1. The number of rotatable bonds is 7. The minimum absolute atomic E-state index is 0.000991. The van der Waals surface area contributed by atoms with Crippen LogP contribution in [0.15, 0.2) is 29.2 Å². The van der Waals surface area contributed by atoms with E-state index in [1.54, 1.807) is 31.3 Å². The predicted molar refractivity (Wildman–Crippen MR) is 93.4 cm³/mol. The van der Waals surface area contributed by atoms with Crippen LogP contribution in [0.2, 0.25) is 0 Å². The van der Waals surface area contributed by atoms with Crippen molar-refractivity contribution in [2.75, 3.05) is 0 Å². The van der Waals surface area contributed by atoms with Crippen molar-refractivity contribution in [3.8, 4) is 0 Å². The maximum Gasteiger partial charge on any atom is 0.325 e. The van der Waals surface area contributed by atoms with Crippen LogP contribution in [0.5, 0.6) is 0 Å². The molecule has 0 spiro atoms. The SMILES string of the molecule is Cc1ccc(S(=O)(=O)N[C@@H](C(=O)O[C@@H](C)C(=O)NC(N)=O)C(C)C)cc1. The fourth-order valence-electron chi connectivity index (χ4n) is 1.93. The molecule has 0 fully saturated rings. The van der Waals surface area contributed by atoms with Crippen LogP contribution in [-0.4, -0.2) is 38.5 Å². The molecule has 0 aromatic heterocycles. The normalized spacial score (nSPS) is 13.7. The molecule has 1 aromatic carbocycles. The van der Waals surface area contributed by atoms with Crippen molar-refractivity contribution in [2.45, 2.75) is 44.7 Å². The topological polar surface area (TPSA) is 145 Å². The summed E-state index contributed by atoms with van der Waals surface area (Å²) in [6, 6.07) is 3.80. The van der Waals surface area contributed by atoms with Gasteiger partial charge >= 0.3 is 12.0 Å². The van der Waals surface area contributed by atoms with E-state index < -0.39 is 46.0 Å². The Morgan fingerprint density at radius 3 is 2.08 bits per heavy atom. The fraction of sp³-hybridized carbons (Fsp3) is 0.438. The van der Waals surface area contributed by atoms with E-state index in [1.165, 1.54) is 19.1 Å². The lowest BCUT2D eigenvalue weighted by Gasteiger charge is -2.22. The molecule has 9 nitrogen and oxygen atoms in total. The van der Waals surface area contributed by atoms with Gasteiger partial charge in [0.25, 0.3) is 5.91 Å². The van der Waals surface area contributed by atoms with E-state index in [9.17, 15) is 22.8 Å². The average molecular weight is 385 g/mol. The minimum Gasteiger partial charge on any atom is -0.451 e. The average Bonchev–Trinajstić information content (AvgIpc) is 2.52. The lowest BCUT2D eigenvalue weighted by Crippen LogP contribution is -2.48. The number of hydrogen-bond acceptors (Lipinski definition) is 6. The molecule has 144 valence electrons. The lowest BCUT2D eigenvalue weighted by atomic mass is 10.1. The Bertz CT molecular complexity index is 774. The highest BCUT2D eigenvalue weighted by molar-refractivity contribution is 7.89. The first kappa shape index (κ1) is 21.6. The molecule has 0 saturated carbocycles. The maximum absolute atomic E-state index is 12.5. The molecule has 0 unspecified atom stereocenters. The monoisotopic (exact) mass is 385 g/mol. The number of imide groups is 1.